The summed E-state index contributed by atoms with van der Waals surface area (Å²) in [7, 11) is 0. The zero-order chi connectivity index (χ0) is 27.0. The molecule has 0 fully saturated rings. The van der Waals surface area contributed by atoms with Gasteiger partial charge >= 0.3 is 5.97 Å². The molecule has 0 aliphatic rings. The molecule has 0 saturated heterocycles. The highest BCUT2D eigenvalue weighted by Crippen LogP contribution is 2.36. The average molecular weight is 854 g/mol. The van der Waals surface area contributed by atoms with Crippen molar-refractivity contribution in [1.82, 2.24) is 9.74 Å². The SMILES string of the molecule is CC(=O)O[C@@H](C)C(=O)Nc1c(I)c(C(=O)NCC(O)CO)c(I)c(C(=O)N(Cl)CC(O)CO)c1I. The van der Waals surface area contributed by atoms with Gasteiger partial charge in [0.2, 0.25) is 0 Å². The maximum absolute atomic E-state index is 13.2. The number of aliphatic hydroxyl groups is 4. The predicted molar refractivity (Wildman–Crippen MR) is 150 cm³/mol. The van der Waals surface area contributed by atoms with Gasteiger partial charge in [-0.15, -0.1) is 0 Å². The van der Waals surface area contributed by atoms with Crippen LogP contribution < -0.4 is 10.6 Å². The molecule has 0 aliphatic carbocycles. The van der Waals surface area contributed by atoms with Gasteiger partial charge in [-0.3, -0.25) is 19.2 Å². The molecule has 0 aliphatic heterocycles. The zero-order valence-corrected chi connectivity index (χ0v) is 25.6. The number of hydrogen-bond donors (Lipinski definition) is 6. The number of halogens is 4. The first-order valence-corrected chi connectivity index (χ1v) is 13.4. The van der Waals surface area contributed by atoms with Gasteiger partial charge in [0.05, 0.1) is 55.9 Å². The highest BCUT2D eigenvalue weighted by Gasteiger charge is 2.32. The Bertz CT molecular complexity index is 983. The minimum atomic E-state index is -1.32. The Morgan fingerprint density at radius 1 is 1.00 bits per heavy atom. The normalized spacial score (nSPS) is 13.4. The van der Waals surface area contributed by atoms with Gasteiger partial charge in [0, 0.05) is 28.8 Å². The molecular formula is C19H23ClI3N3O9. The van der Waals surface area contributed by atoms with Crippen LogP contribution in [0, 0.1) is 10.7 Å². The summed E-state index contributed by atoms with van der Waals surface area (Å²) < 4.78 is 6.12. The van der Waals surface area contributed by atoms with Gasteiger partial charge in [-0.1, -0.05) is 0 Å². The van der Waals surface area contributed by atoms with Crippen molar-refractivity contribution in [3.05, 3.63) is 21.8 Å². The number of aliphatic hydroxyl groups excluding tert-OH is 4. The number of hydrogen-bond acceptors (Lipinski definition) is 9. The van der Waals surface area contributed by atoms with E-state index in [9.17, 15) is 29.4 Å². The Morgan fingerprint density at radius 2 is 1.54 bits per heavy atom. The molecule has 35 heavy (non-hydrogen) atoms. The third kappa shape index (κ3) is 9.04. The molecule has 1 aromatic carbocycles. The van der Waals surface area contributed by atoms with E-state index >= 15 is 0 Å². The molecule has 3 atom stereocenters. The molecule has 0 aromatic heterocycles. The number of nitrogens with zero attached hydrogens (tertiary/aromatic N) is 1. The number of amides is 3. The van der Waals surface area contributed by atoms with E-state index in [0.29, 0.717) is 4.42 Å². The van der Waals surface area contributed by atoms with Gasteiger partial charge in [0.25, 0.3) is 17.7 Å². The van der Waals surface area contributed by atoms with Crippen LogP contribution in [0.25, 0.3) is 0 Å². The monoisotopic (exact) mass is 853 g/mol. The predicted octanol–water partition coefficient (Wildman–Crippen LogP) is 0.423. The molecule has 6 N–H and O–H groups in total. The standard InChI is InChI=1S/C19H23ClI3N3O9/c1-7(35-8(2)29)17(32)25-16-14(22)11(18(33)24-3-9(30)5-27)13(21)12(15(16)23)19(34)26(20)4-10(31)6-28/h7,9-10,27-28,30-31H,3-6H2,1-2H3,(H,24,33)(H,25,32)/t7-,9?,10?/m0/s1. The van der Waals surface area contributed by atoms with Crippen LogP contribution in [0.2, 0.25) is 0 Å². The van der Waals surface area contributed by atoms with Crippen molar-refractivity contribution in [2.45, 2.75) is 32.2 Å². The molecule has 0 radical (unpaired) electrons. The van der Waals surface area contributed by atoms with Crippen LogP contribution >= 0.6 is 79.5 Å². The van der Waals surface area contributed by atoms with E-state index in [-0.39, 0.29) is 34.1 Å². The maximum atomic E-state index is 13.2. The fraction of sp³-hybridized carbons (Fsp3) is 0.474. The summed E-state index contributed by atoms with van der Waals surface area (Å²) in [6.45, 7) is 0.535. The minimum absolute atomic E-state index is 0.0247. The number of anilines is 1. The van der Waals surface area contributed by atoms with Crippen LogP contribution in [0.1, 0.15) is 34.6 Å². The molecule has 16 heteroatoms. The van der Waals surface area contributed by atoms with Crippen molar-refractivity contribution < 1.29 is 44.3 Å². The van der Waals surface area contributed by atoms with E-state index in [2.05, 4.69) is 10.6 Å². The second-order valence-corrected chi connectivity index (χ2v) is 10.7. The smallest absolute Gasteiger partial charge is 0.303 e. The summed E-state index contributed by atoms with van der Waals surface area (Å²) in [5.41, 5.74) is -0.0297. The Labute approximate surface area is 246 Å². The summed E-state index contributed by atoms with van der Waals surface area (Å²) in [6.07, 6.45) is -3.72. The second kappa shape index (κ2) is 15.0. The number of carbonyl (C=O) groups excluding carboxylic acids is 4. The van der Waals surface area contributed by atoms with Gasteiger partial charge < -0.3 is 35.8 Å². The lowest BCUT2D eigenvalue weighted by molar-refractivity contribution is -0.150. The lowest BCUT2D eigenvalue weighted by atomic mass is 10.1. The third-order valence-electron chi connectivity index (χ3n) is 4.23. The van der Waals surface area contributed by atoms with Crippen molar-refractivity contribution in [1.29, 1.82) is 0 Å². The third-order valence-corrected chi connectivity index (χ3v) is 7.76. The Kier molecular flexibility index (Phi) is 13.9. The summed E-state index contributed by atoms with van der Waals surface area (Å²) in [5, 5.41) is 42.3. The van der Waals surface area contributed by atoms with Gasteiger partial charge in [0.15, 0.2) is 6.10 Å². The van der Waals surface area contributed by atoms with E-state index in [1.165, 1.54) is 6.92 Å². The fourth-order valence-electron chi connectivity index (χ4n) is 2.50. The highest BCUT2D eigenvalue weighted by atomic mass is 127. The lowest BCUT2D eigenvalue weighted by Gasteiger charge is -2.23. The molecule has 2 unspecified atom stereocenters. The number of benzene rings is 1. The van der Waals surface area contributed by atoms with E-state index in [1.807, 2.05) is 0 Å². The van der Waals surface area contributed by atoms with Gasteiger partial charge in [-0.25, -0.2) is 4.42 Å². The number of nitrogens with one attached hydrogen (secondary N) is 2. The fourth-order valence-corrected chi connectivity index (χ4v) is 7.13. The second-order valence-electron chi connectivity index (χ2n) is 7.04. The highest BCUT2D eigenvalue weighted by molar-refractivity contribution is 14.1. The molecular weight excluding hydrogens is 830 g/mol. The molecule has 1 aromatic rings. The van der Waals surface area contributed by atoms with Gasteiger partial charge in [-0.2, -0.15) is 0 Å². The first-order valence-electron chi connectivity index (χ1n) is 9.78. The van der Waals surface area contributed by atoms with Crippen LogP contribution in [0.5, 0.6) is 0 Å². The first-order chi connectivity index (χ1) is 16.3. The first kappa shape index (κ1) is 32.4. The summed E-state index contributed by atoms with van der Waals surface area (Å²) >= 11 is 11.4. The molecule has 0 heterocycles. The van der Waals surface area contributed by atoms with Crippen molar-refractivity contribution in [2.24, 2.45) is 0 Å². The Balaban J connectivity index is 3.62. The van der Waals surface area contributed by atoms with Crippen LogP contribution in [-0.4, -0.2) is 93.2 Å². The van der Waals surface area contributed by atoms with Gasteiger partial charge in [-0.05, 0) is 74.7 Å². The van der Waals surface area contributed by atoms with Crippen LogP contribution in [0.15, 0.2) is 0 Å². The Morgan fingerprint density at radius 3 is 2.06 bits per heavy atom. The van der Waals surface area contributed by atoms with E-state index in [0.717, 1.165) is 6.92 Å². The molecule has 196 valence electrons. The van der Waals surface area contributed by atoms with Gasteiger partial charge in [0.1, 0.15) is 0 Å². The number of esters is 1. The molecule has 0 bridgehead atoms. The molecule has 0 saturated carbocycles. The minimum Gasteiger partial charge on any atom is -0.453 e. The zero-order valence-electron chi connectivity index (χ0n) is 18.3. The van der Waals surface area contributed by atoms with E-state index in [1.54, 1.807) is 67.8 Å². The quantitative estimate of drug-likeness (QED) is 0.104. The van der Waals surface area contributed by atoms with E-state index in [4.69, 9.17) is 26.7 Å². The summed E-state index contributed by atoms with van der Waals surface area (Å²) in [5.74, 6) is -2.94. The maximum Gasteiger partial charge on any atom is 0.303 e. The summed E-state index contributed by atoms with van der Waals surface area (Å²) in [6, 6.07) is 0. The number of ether oxygens (including phenoxy) is 1. The molecule has 0 spiro atoms. The number of rotatable bonds is 11. The molecule has 1 rings (SSSR count). The molecule has 3 amide bonds. The van der Waals surface area contributed by atoms with Crippen LogP contribution in [0.4, 0.5) is 5.69 Å². The number of carbonyl (C=O) groups is 4. The van der Waals surface area contributed by atoms with Crippen molar-refractivity contribution in [2.75, 3.05) is 31.6 Å². The molecule has 12 nitrogen and oxygen atoms in total. The lowest BCUT2D eigenvalue weighted by Crippen LogP contribution is -2.37. The van der Waals surface area contributed by atoms with Crippen molar-refractivity contribution >= 4 is 109 Å². The topological polar surface area (TPSA) is 186 Å². The van der Waals surface area contributed by atoms with Crippen LogP contribution in [-0.2, 0) is 14.3 Å². The Hall–Kier alpha value is -0.580. The van der Waals surface area contributed by atoms with Crippen molar-refractivity contribution in [3.8, 4) is 0 Å². The van der Waals surface area contributed by atoms with Crippen molar-refractivity contribution in [3.63, 3.8) is 0 Å². The van der Waals surface area contributed by atoms with E-state index < -0.39 is 61.8 Å². The largest absolute Gasteiger partial charge is 0.453 e. The summed E-state index contributed by atoms with van der Waals surface area (Å²) in [4.78, 5) is 50.0. The van der Waals surface area contributed by atoms with Crippen LogP contribution in [0.3, 0.4) is 0 Å². The average Bonchev–Trinajstić information content (AvgIpc) is 2.79.